The first-order valence-electron chi connectivity index (χ1n) is 8.59. The van der Waals surface area contributed by atoms with E-state index in [0.717, 1.165) is 21.2 Å². The van der Waals surface area contributed by atoms with Crippen molar-refractivity contribution in [1.29, 1.82) is 0 Å². The number of hydrogen-bond donors (Lipinski definition) is 0. The smallest absolute Gasteiger partial charge is 0.332 e. The van der Waals surface area contributed by atoms with Crippen molar-refractivity contribution in [2.75, 3.05) is 4.90 Å². The summed E-state index contributed by atoms with van der Waals surface area (Å²) in [5.74, 6) is -1.27. The molecule has 0 saturated heterocycles. The van der Waals surface area contributed by atoms with Gasteiger partial charge in [-0.05, 0) is 28.9 Å². The van der Waals surface area contributed by atoms with Crippen molar-refractivity contribution >= 4 is 29.0 Å². The second kappa shape index (κ2) is 6.54. The molecular weight excluding hydrogens is 374 g/mol. The van der Waals surface area contributed by atoms with Gasteiger partial charge in [-0.25, -0.2) is 0 Å². The minimum atomic E-state index is -0.776. The van der Waals surface area contributed by atoms with Crippen molar-refractivity contribution in [2.24, 2.45) is 0 Å². The van der Waals surface area contributed by atoms with E-state index < -0.39 is 11.9 Å². The molecule has 0 N–H and O–H groups in total. The Balaban J connectivity index is 1.70. The third kappa shape index (κ3) is 2.56. The van der Waals surface area contributed by atoms with E-state index in [1.165, 1.54) is 4.68 Å². The number of benzene rings is 3. The van der Waals surface area contributed by atoms with E-state index >= 15 is 0 Å². The van der Waals surface area contributed by atoms with Crippen molar-refractivity contribution in [3.8, 4) is 11.6 Å². The second-order valence-electron chi connectivity index (χ2n) is 6.13. The van der Waals surface area contributed by atoms with E-state index in [1.54, 1.807) is 40.9 Å². The molecule has 1 aliphatic rings. The third-order valence-electron chi connectivity index (χ3n) is 4.45. The van der Waals surface area contributed by atoms with Gasteiger partial charge in [-0.15, -0.1) is 0 Å². The lowest BCUT2D eigenvalue weighted by atomic mass is 10.2. The van der Waals surface area contributed by atoms with Crippen LogP contribution in [0.15, 0.2) is 93.2 Å². The fourth-order valence-electron chi connectivity index (χ4n) is 3.20. The van der Waals surface area contributed by atoms with Gasteiger partial charge in [-0.2, -0.15) is 0 Å². The van der Waals surface area contributed by atoms with Crippen LogP contribution in [-0.4, -0.2) is 11.2 Å². The second-order valence-corrected chi connectivity index (χ2v) is 7.22. The molecule has 0 bridgehead atoms. The van der Waals surface area contributed by atoms with Crippen LogP contribution in [0.2, 0.25) is 0 Å². The molecule has 1 amide bonds. The lowest BCUT2D eigenvalue weighted by Crippen LogP contribution is -2.43. The molecule has 4 aromatic rings. The average Bonchev–Trinajstić information content (AvgIpc) is 3.13. The Morgan fingerprint density at radius 3 is 2.11 bits per heavy atom. The summed E-state index contributed by atoms with van der Waals surface area (Å²) in [5.41, 5.74) is 1.86. The Labute approximate surface area is 164 Å². The molecule has 1 aromatic heterocycles. The number of amides is 1. The molecule has 0 spiro atoms. The first-order valence-corrected chi connectivity index (χ1v) is 9.40. The summed E-state index contributed by atoms with van der Waals surface area (Å²) < 4.78 is 6.09. The Bertz CT molecular complexity index is 1140. The van der Waals surface area contributed by atoms with Crippen molar-refractivity contribution in [1.82, 2.24) is 5.27 Å². The standard InChI is InChI=1S/C21H13N3O3S/c25-20(19-21(26)27-22-24(19)14-8-2-1-3-9-14)23-15-10-4-6-12-17(15)28-18-13-7-5-11-16(18)23/h1-13H. The van der Waals surface area contributed by atoms with Crippen LogP contribution in [-0.2, 0) is 0 Å². The van der Waals surface area contributed by atoms with Crippen LogP contribution in [0.3, 0.4) is 0 Å². The SMILES string of the molecule is O=C(c1c([O-])on[n+]1-c1ccccc1)N1c2ccccc2Sc2ccccc21. The zero-order chi connectivity index (χ0) is 19.1. The average molecular weight is 387 g/mol. The van der Waals surface area contributed by atoms with E-state index in [9.17, 15) is 9.90 Å². The van der Waals surface area contributed by atoms with E-state index in [2.05, 4.69) is 5.27 Å². The summed E-state index contributed by atoms with van der Waals surface area (Å²) in [7, 11) is 0. The lowest BCUT2D eigenvalue weighted by Gasteiger charge is -2.29. The molecule has 0 saturated carbocycles. The first kappa shape index (κ1) is 16.6. The van der Waals surface area contributed by atoms with Crippen LogP contribution in [0.5, 0.6) is 5.95 Å². The maximum absolute atomic E-state index is 13.6. The molecular formula is C21H13N3O3S. The van der Waals surface area contributed by atoms with Gasteiger partial charge in [0.1, 0.15) is 0 Å². The highest BCUT2D eigenvalue weighted by molar-refractivity contribution is 7.99. The maximum atomic E-state index is 13.6. The van der Waals surface area contributed by atoms with Crippen molar-refractivity contribution < 1.29 is 19.1 Å². The maximum Gasteiger partial charge on any atom is 0.332 e. The molecule has 5 rings (SSSR count). The predicted octanol–water partition coefficient (Wildman–Crippen LogP) is 3.47. The molecule has 0 aliphatic carbocycles. The van der Waals surface area contributed by atoms with Gasteiger partial charge in [-0.1, -0.05) is 54.2 Å². The van der Waals surface area contributed by atoms with Crippen molar-refractivity contribution in [2.45, 2.75) is 9.79 Å². The van der Waals surface area contributed by atoms with E-state index in [-0.39, 0.29) is 5.69 Å². The Morgan fingerprint density at radius 1 is 0.893 bits per heavy atom. The number of carbonyl (C=O) groups excluding carboxylic acids is 1. The number of aromatic nitrogens is 2. The molecule has 7 heteroatoms. The van der Waals surface area contributed by atoms with Crippen LogP contribution in [0.4, 0.5) is 11.4 Å². The molecule has 6 nitrogen and oxygen atoms in total. The van der Waals surface area contributed by atoms with Gasteiger partial charge in [0.15, 0.2) is 5.95 Å². The highest BCUT2D eigenvalue weighted by atomic mass is 32.2. The van der Waals surface area contributed by atoms with Crippen LogP contribution in [0.1, 0.15) is 10.5 Å². The molecule has 28 heavy (non-hydrogen) atoms. The summed E-state index contributed by atoms with van der Waals surface area (Å²) in [6.45, 7) is 0. The number of hydrogen-bond acceptors (Lipinski definition) is 5. The van der Waals surface area contributed by atoms with E-state index in [4.69, 9.17) is 4.52 Å². The monoisotopic (exact) mass is 387 g/mol. The van der Waals surface area contributed by atoms with E-state index in [0.29, 0.717) is 5.69 Å². The summed E-state index contributed by atoms with van der Waals surface area (Å²) in [6, 6.07) is 24.2. The van der Waals surface area contributed by atoms with Gasteiger partial charge >= 0.3 is 11.6 Å². The summed E-state index contributed by atoms with van der Waals surface area (Å²) in [5, 5.41) is 16.2. The highest BCUT2D eigenvalue weighted by Crippen LogP contribution is 2.48. The number of rotatable bonds is 2. The molecule has 1 aliphatic heterocycles. The third-order valence-corrected chi connectivity index (χ3v) is 5.58. The number of fused-ring (bicyclic) bond motifs is 2. The minimum absolute atomic E-state index is 0.150. The topological polar surface area (TPSA) is 73.3 Å². The van der Waals surface area contributed by atoms with Gasteiger partial charge in [0.05, 0.1) is 16.6 Å². The van der Waals surface area contributed by atoms with Crippen LogP contribution >= 0.6 is 11.8 Å². The van der Waals surface area contributed by atoms with Crippen LogP contribution < -0.4 is 14.7 Å². The Hall–Kier alpha value is -3.58. The minimum Gasteiger partial charge on any atom is -0.538 e. The fraction of sp³-hybridized carbons (Fsp3) is 0. The molecule has 136 valence electrons. The highest BCUT2D eigenvalue weighted by Gasteiger charge is 2.36. The summed E-state index contributed by atoms with van der Waals surface area (Å²) in [4.78, 5) is 17.0. The molecule has 0 fully saturated rings. The molecule has 3 aromatic carbocycles. The number of anilines is 2. The zero-order valence-corrected chi connectivity index (χ0v) is 15.3. The molecule has 0 unspecified atom stereocenters. The van der Waals surface area contributed by atoms with Crippen LogP contribution in [0.25, 0.3) is 5.69 Å². The molecule has 2 heterocycles. The number of carbonyl (C=O) groups is 1. The number of nitrogens with zero attached hydrogens (tertiary/aromatic N) is 3. The quantitative estimate of drug-likeness (QED) is 0.493. The fourth-order valence-corrected chi connectivity index (χ4v) is 4.26. The molecule has 0 radical (unpaired) electrons. The van der Waals surface area contributed by atoms with Crippen molar-refractivity contribution in [3.05, 3.63) is 84.6 Å². The van der Waals surface area contributed by atoms with Gasteiger partial charge in [0.25, 0.3) is 0 Å². The number of para-hydroxylation sites is 3. The predicted molar refractivity (Wildman–Crippen MR) is 101 cm³/mol. The largest absolute Gasteiger partial charge is 0.538 e. The van der Waals surface area contributed by atoms with Gasteiger partial charge in [-0.3, -0.25) is 9.69 Å². The Morgan fingerprint density at radius 2 is 1.46 bits per heavy atom. The van der Waals surface area contributed by atoms with Gasteiger partial charge in [0.2, 0.25) is 5.69 Å². The lowest BCUT2D eigenvalue weighted by molar-refractivity contribution is -0.672. The van der Waals surface area contributed by atoms with Crippen molar-refractivity contribution in [3.63, 3.8) is 0 Å². The van der Waals surface area contributed by atoms with Crippen LogP contribution in [0, 0.1) is 0 Å². The normalized spacial score (nSPS) is 12.4. The Kier molecular flexibility index (Phi) is 3.87. The summed E-state index contributed by atoms with van der Waals surface area (Å²) in [6.07, 6.45) is 0. The summed E-state index contributed by atoms with van der Waals surface area (Å²) >= 11 is 1.59. The molecule has 0 atom stereocenters. The van der Waals surface area contributed by atoms with Gasteiger partial charge in [0, 0.05) is 21.9 Å². The first-order chi connectivity index (χ1) is 13.7. The van der Waals surface area contributed by atoms with E-state index in [1.807, 2.05) is 54.6 Å². The van der Waals surface area contributed by atoms with Gasteiger partial charge < -0.3 is 9.63 Å². The zero-order valence-electron chi connectivity index (χ0n) is 14.5.